The molecule has 32 heavy (non-hydrogen) atoms. The van der Waals surface area contributed by atoms with Crippen LogP contribution < -0.4 is 5.32 Å². The molecule has 1 aromatic carbocycles. The van der Waals surface area contributed by atoms with Crippen LogP contribution in [0.4, 0.5) is 0 Å². The van der Waals surface area contributed by atoms with Crippen LogP contribution in [0, 0.1) is 22.7 Å². The van der Waals surface area contributed by atoms with Gasteiger partial charge in [-0.25, -0.2) is 0 Å². The highest BCUT2D eigenvalue weighted by Gasteiger charge is 2.29. The summed E-state index contributed by atoms with van der Waals surface area (Å²) in [5.74, 6) is 0.507. The fraction of sp³-hybridized carbons (Fsp3) is 0.379. The van der Waals surface area contributed by atoms with E-state index in [1.807, 2.05) is 31.2 Å². The second kappa shape index (κ2) is 11.5. The Morgan fingerprint density at radius 2 is 2.00 bits per heavy atom. The van der Waals surface area contributed by atoms with Crippen molar-refractivity contribution >= 4 is 5.91 Å². The van der Waals surface area contributed by atoms with Crippen LogP contribution >= 0.6 is 0 Å². The molecule has 1 aromatic rings. The molecule has 0 saturated carbocycles. The minimum atomic E-state index is -0.147. The molecule has 0 heterocycles. The summed E-state index contributed by atoms with van der Waals surface area (Å²) in [4.78, 5) is 12.2. The molecule has 1 unspecified atom stereocenters. The molecule has 3 heteroatoms. The molecule has 0 bridgehead atoms. The first-order valence-corrected chi connectivity index (χ1v) is 11.3. The third kappa shape index (κ3) is 7.54. The first-order chi connectivity index (χ1) is 15.1. The van der Waals surface area contributed by atoms with Gasteiger partial charge in [-0.3, -0.25) is 4.79 Å². The minimum absolute atomic E-state index is 0.147. The molecular weight excluding hydrogens is 392 g/mol. The van der Waals surface area contributed by atoms with Crippen molar-refractivity contribution in [1.82, 2.24) is 5.32 Å². The van der Waals surface area contributed by atoms with Crippen molar-refractivity contribution in [3.63, 3.8) is 0 Å². The summed E-state index contributed by atoms with van der Waals surface area (Å²) < 4.78 is 0. The first kappa shape index (κ1) is 25.1. The maximum absolute atomic E-state index is 12.2. The molecule has 1 atom stereocenters. The van der Waals surface area contributed by atoms with Gasteiger partial charge in [0.25, 0.3) is 0 Å². The van der Waals surface area contributed by atoms with Crippen LogP contribution in [0.15, 0.2) is 83.0 Å². The quantitative estimate of drug-likeness (QED) is 0.377. The molecule has 1 N–H and O–H groups in total. The van der Waals surface area contributed by atoms with Gasteiger partial charge >= 0.3 is 0 Å². The third-order valence-electron chi connectivity index (χ3n) is 6.21. The number of nitriles is 1. The zero-order chi connectivity index (χ0) is 23.7. The van der Waals surface area contributed by atoms with Crippen molar-refractivity contribution in [2.24, 2.45) is 11.3 Å². The molecular formula is C29H36N2O. The number of amides is 1. The van der Waals surface area contributed by atoms with Gasteiger partial charge in [0.1, 0.15) is 0 Å². The Morgan fingerprint density at radius 3 is 2.72 bits per heavy atom. The lowest BCUT2D eigenvalue weighted by atomic mass is 9.69. The number of rotatable bonds is 7. The number of hydrogen-bond donors (Lipinski definition) is 1. The van der Waals surface area contributed by atoms with Crippen molar-refractivity contribution in [1.29, 1.82) is 5.26 Å². The van der Waals surface area contributed by atoms with E-state index in [0.29, 0.717) is 18.0 Å². The largest absolute Gasteiger partial charge is 0.348 e. The Labute approximate surface area is 193 Å². The molecule has 3 nitrogen and oxygen atoms in total. The van der Waals surface area contributed by atoms with Gasteiger partial charge in [-0.1, -0.05) is 74.4 Å². The van der Waals surface area contributed by atoms with E-state index in [1.165, 1.54) is 29.6 Å². The Balaban J connectivity index is 1.94. The highest BCUT2D eigenvalue weighted by Crippen LogP contribution is 2.43. The molecule has 1 aliphatic rings. The monoisotopic (exact) mass is 428 g/mol. The zero-order valence-corrected chi connectivity index (χ0v) is 20.3. The molecule has 0 saturated heterocycles. The van der Waals surface area contributed by atoms with Crippen molar-refractivity contribution in [3.8, 4) is 6.07 Å². The molecule has 0 aliphatic heterocycles. The second-order valence-corrected chi connectivity index (χ2v) is 9.44. The smallest absolute Gasteiger partial charge is 0.244 e. The van der Waals surface area contributed by atoms with Gasteiger partial charge in [0, 0.05) is 12.6 Å². The van der Waals surface area contributed by atoms with E-state index in [4.69, 9.17) is 5.26 Å². The highest BCUT2D eigenvalue weighted by atomic mass is 16.1. The van der Waals surface area contributed by atoms with Crippen LogP contribution in [-0.2, 0) is 11.3 Å². The molecule has 1 amide bonds. The molecule has 0 spiro atoms. The first-order valence-electron chi connectivity index (χ1n) is 11.3. The van der Waals surface area contributed by atoms with Gasteiger partial charge in [-0.2, -0.15) is 5.26 Å². The van der Waals surface area contributed by atoms with E-state index in [9.17, 15) is 4.79 Å². The normalized spacial score (nSPS) is 19.5. The number of allylic oxidation sites excluding steroid dienone is 9. The van der Waals surface area contributed by atoms with Crippen molar-refractivity contribution in [2.75, 3.05) is 0 Å². The van der Waals surface area contributed by atoms with Crippen LogP contribution in [0.3, 0.4) is 0 Å². The van der Waals surface area contributed by atoms with Gasteiger partial charge in [-0.15, -0.1) is 0 Å². The van der Waals surface area contributed by atoms with E-state index in [0.717, 1.165) is 11.1 Å². The molecule has 0 radical (unpaired) electrons. The summed E-state index contributed by atoms with van der Waals surface area (Å²) in [5, 5.41) is 11.8. The molecule has 0 aromatic heterocycles. The lowest BCUT2D eigenvalue weighted by molar-refractivity contribution is -0.116. The number of hydrogen-bond acceptors (Lipinski definition) is 2. The third-order valence-corrected chi connectivity index (χ3v) is 6.21. The second-order valence-electron chi connectivity index (χ2n) is 9.44. The number of carbonyl (C=O) groups is 1. The number of nitrogens with zero attached hydrogens (tertiary/aromatic N) is 1. The van der Waals surface area contributed by atoms with Crippen LogP contribution in [0.5, 0.6) is 0 Å². The summed E-state index contributed by atoms with van der Waals surface area (Å²) in [5.41, 5.74) is 6.74. The van der Waals surface area contributed by atoms with Gasteiger partial charge in [0.2, 0.25) is 5.91 Å². The SMILES string of the molecule is CC1=C(/C=C/C(C)=C/C=C/C(C)=C\C(=O)NCc2cccc(C#N)c2)C(C)(C)CCC1C. The van der Waals surface area contributed by atoms with Crippen LogP contribution in [-0.4, -0.2) is 5.91 Å². The predicted molar refractivity (Wildman–Crippen MR) is 134 cm³/mol. The fourth-order valence-corrected chi connectivity index (χ4v) is 3.95. The number of carbonyl (C=O) groups excluding carboxylic acids is 1. The standard InChI is InChI=1S/C29H36N2O/c1-21(13-14-27-24(4)23(3)15-16-29(27,5)6)9-7-10-22(2)17-28(32)31-20-26-12-8-11-25(18-26)19-30/h7-14,17-18,23H,15-16,20H2,1-6H3,(H,31,32)/b10-7+,14-13+,21-9+,22-17-. The van der Waals surface area contributed by atoms with Crippen molar-refractivity contribution in [2.45, 2.75) is 60.9 Å². The Bertz CT molecular complexity index is 1030. The predicted octanol–water partition coefficient (Wildman–Crippen LogP) is 6.95. The van der Waals surface area contributed by atoms with Gasteiger partial charge < -0.3 is 5.32 Å². The van der Waals surface area contributed by atoms with Crippen LogP contribution in [0.2, 0.25) is 0 Å². The summed E-state index contributed by atoms with van der Waals surface area (Å²) in [6, 6.07) is 9.35. The van der Waals surface area contributed by atoms with Crippen molar-refractivity contribution in [3.05, 3.63) is 94.1 Å². The van der Waals surface area contributed by atoms with Crippen LogP contribution in [0.25, 0.3) is 0 Å². The van der Waals surface area contributed by atoms with Crippen LogP contribution in [0.1, 0.15) is 65.5 Å². The van der Waals surface area contributed by atoms with E-state index in [-0.39, 0.29) is 11.3 Å². The Morgan fingerprint density at radius 1 is 1.25 bits per heavy atom. The molecule has 0 fully saturated rings. The van der Waals surface area contributed by atoms with Crippen molar-refractivity contribution < 1.29 is 4.79 Å². The van der Waals surface area contributed by atoms with E-state index >= 15 is 0 Å². The zero-order valence-electron chi connectivity index (χ0n) is 20.3. The summed E-state index contributed by atoms with van der Waals surface area (Å²) in [6.45, 7) is 13.7. The average Bonchev–Trinajstić information content (AvgIpc) is 2.75. The fourth-order valence-electron chi connectivity index (χ4n) is 3.95. The van der Waals surface area contributed by atoms with Gasteiger partial charge in [-0.05, 0) is 73.8 Å². The lowest BCUT2D eigenvalue weighted by Gasteiger charge is -2.36. The topological polar surface area (TPSA) is 52.9 Å². The van der Waals surface area contributed by atoms with Gasteiger partial charge in [0.15, 0.2) is 0 Å². The molecule has 1 aliphatic carbocycles. The highest BCUT2D eigenvalue weighted by molar-refractivity contribution is 5.88. The number of nitrogens with one attached hydrogen (secondary N) is 1. The minimum Gasteiger partial charge on any atom is -0.348 e. The summed E-state index contributed by atoms with van der Waals surface area (Å²) in [6.07, 6.45) is 14.5. The van der Waals surface area contributed by atoms with E-state index in [1.54, 1.807) is 18.2 Å². The molecule has 168 valence electrons. The van der Waals surface area contributed by atoms with Gasteiger partial charge in [0.05, 0.1) is 11.6 Å². The summed E-state index contributed by atoms with van der Waals surface area (Å²) >= 11 is 0. The summed E-state index contributed by atoms with van der Waals surface area (Å²) in [7, 11) is 0. The maximum Gasteiger partial charge on any atom is 0.244 e. The van der Waals surface area contributed by atoms with E-state index < -0.39 is 0 Å². The Hall–Kier alpha value is -3.12. The number of benzene rings is 1. The average molecular weight is 429 g/mol. The molecule has 2 rings (SSSR count). The lowest BCUT2D eigenvalue weighted by Crippen LogP contribution is -2.23. The maximum atomic E-state index is 12.2. The Kier molecular flexibility index (Phi) is 9.02. The van der Waals surface area contributed by atoms with E-state index in [2.05, 4.69) is 64.2 Å².